The summed E-state index contributed by atoms with van der Waals surface area (Å²) >= 11 is 0. The van der Waals surface area contributed by atoms with Crippen LogP contribution >= 0.6 is 12.4 Å². The summed E-state index contributed by atoms with van der Waals surface area (Å²) in [5.74, 6) is 1.07. The molecule has 4 N–H and O–H groups in total. The summed E-state index contributed by atoms with van der Waals surface area (Å²) in [5, 5.41) is 12.9. The molecule has 1 aliphatic carbocycles. The Morgan fingerprint density at radius 2 is 1.96 bits per heavy atom. The lowest BCUT2D eigenvalue weighted by molar-refractivity contribution is -0.125. The highest BCUT2D eigenvalue weighted by Gasteiger charge is 2.27. The number of aliphatic hydroxyl groups excluding tert-OH is 1. The van der Waals surface area contributed by atoms with Crippen molar-refractivity contribution in [2.24, 2.45) is 11.7 Å². The average Bonchev–Trinajstić information content (AvgIpc) is 2.61. The van der Waals surface area contributed by atoms with Gasteiger partial charge in [0.1, 0.15) is 17.6 Å². The summed E-state index contributed by atoms with van der Waals surface area (Å²) < 4.78 is 10.4. The maximum absolute atomic E-state index is 12.3. The third-order valence-electron chi connectivity index (χ3n) is 4.67. The van der Waals surface area contributed by atoms with Crippen molar-refractivity contribution in [1.29, 1.82) is 0 Å². The Bertz CT molecular complexity index is 550. The summed E-state index contributed by atoms with van der Waals surface area (Å²) in [5.41, 5.74) is 6.51. The minimum Gasteiger partial charge on any atom is -0.497 e. The molecule has 0 bridgehead atoms. The molecule has 1 aliphatic rings. The number of nitrogens with two attached hydrogens (primary N) is 1. The first-order valence-corrected chi connectivity index (χ1v) is 8.51. The van der Waals surface area contributed by atoms with Gasteiger partial charge in [-0.05, 0) is 24.5 Å². The largest absolute Gasteiger partial charge is 0.497 e. The van der Waals surface area contributed by atoms with Crippen LogP contribution < -0.4 is 20.5 Å². The smallest absolute Gasteiger partial charge is 0.254 e. The molecule has 1 amide bonds. The Morgan fingerprint density at radius 3 is 2.56 bits per heavy atom. The molecule has 7 heteroatoms. The van der Waals surface area contributed by atoms with Gasteiger partial charge >= 0.3 is 0 Å². The highest BCUT2D eigenvalue weighted by Crippen LogP contribution is 2.30. The molecule has 1 unspecified atom stereocenters. The van der Waals surface area contributed by atoms with E-state index < -0.39 is 18.1 Å². The van der Waals surface area contributed by atoms with Crippen LogP contribution in [0.5, 0.6) is 11.5 Å². The number of amides is 1. The third-order valence-corrected chi connectivity index (χ3v) is 4.67. The van der Waals surface area contributed by atoms with E-state index in [9.17, 15) is 9.90 Å². The minimum absolute atomic E-state index is 0. The number of halogens is 1. The molecule has 0 aromatic heterocycles. The quantitative estimate of drug-likeness (QED) is 0.684. The molecule has 2 atom stereocenters. The zero-order chi connectivity index (χ0) is 17.5. The van der Waals surface area contributed by atoms with Crippen molar-refractivity contribution in [2.75, 3.05) is 19.5 Å². The Balaban J connectivity index is 0.00000312. The first-order chi connectivity index (χ1) is 11.5. The molecule has 6 nitrogen and oxygen atoms in total. The van der Waals surface area contributed by atoms with Crippen LogP contribution in [0, 0.1) is 5.92 Å². The van der Waals surface area contributed by atoms with Gasteiger partial charge in [0.25, 0.3) is 5.91 Å². The number of carbonyl (C=O) groups is 1. The van der Waals surface area contributed by atoms with E-state index in [0.29, 0.717) is 29.5 Å². The van der Waals surface area contributed by atoms with Crippen molar-refractivity contribution in [3.8, 4) is 11.5 Å². The molecular formula is C18H29ClN2O4. The number of anilines is 1. The molecule has 0 spiro atoms. The number of hydrogen-bond acceptors (Lipinski definition) is 5. The molecule has 142 valence electrons. The highest BCUT2D eigenvalue weighted by atomic mass is 35.5. The van der Waals surface area contributed by atoms with Crippen molar-refractivity contribution in [3.63, 3.8) is 0 Å². The number of carbonyl (C=O) groups excluding carboxylic acids is 1. The van der Waals surface area contributed by atoms with Crippen molar-refractivity contribution in [2.45, 2.75) is 50.7 Å². The predicted octanol–water partition coefficient (Wildman–Crippen LogP) is 2.72. The lowest BCUT2D eigenvalue weighted by atomic mass is 9.84. The molecule has 0 saturated heterocycles. The summed E-state index contributed by atoms with van der Waals surface area (Å²) in [7, 11) is 3.06. The number of methoxy groups -OCH3 is 2. The second-order valence-corrected chi connectivity index (χ2v) is 6.40. The molecule has 1 fully saturated rings. The van der Waals surface area contributed by atoms with Crippen molar-refractivity contribution in [3.05, 3.63) is 18.2 Å². The molecule has 1 saturated carbocycles. The summed E-state index contributed by atoms with van der Waals surface area (Å²) in [6, 6.07) is 4.52. The van der Waals surface area contributed by atoms with Crippen LogP contribution in [0.2, 0.25) is 0 Å². The van der Waals surface area contributed by atoms with E-state index in [1.807, 2.05) is 0 Å². The number of rotatable bonds is 7. The van der Waals surface area contributed by atoms with Crippen LogP contribution in [0.1, 0.15) is 38.5 Å². The monoisotopic (exact) mass is 372 g/mol. The molecule has 25 heavy (non-hydrogen) atoms. The van der Waals surface area contributed by atoms with Gasteiger partial charge in [-0.3, -0.25) is 4.79 Å². The van der Waals surface area contributed by atoms with Crippen LogP contribution in [0.3, 0.4) is 0 Å². The summed E-state index contributed by atoms with van der Waals surface area (Å²) in [4.78, 5) is 12.3. The Labute approximate surface area is 155 Å². The Hall–Kier alpha value is -1.50. The molecule has 0 radical (unpaired) electrons. The minimum atomic E-state index is -1.25. The van der Waals surface area contributed by atoms with E-state index in [1.165, 1.54) is 26.4 Å². The van der Waals surface area contributed by atoms with Gasteiger partial charge in [0.05, 0.1) is 19.9 Å². The van der Waals surface area contributed by atoms with E-state index in [2.05, 4.69) is 5.32 Å². The number of aliphatic hydroxyl groups is 1. The molecule has 1 aromatic rings. The second-order valence-electron chi connectivity index (χ2n) is 6.40. The Morgan fingerprint density at radius 1 is 1.28 bits per heavy atom. The number of ether oxygens (including phenoxy) is 2. The Kier molecular flexibility index (Phi) is 9.03. The van der Waals surface area contributed by atoms with Gasteiger partial charge in [0.2, 0.25) is 0 Å². The number of benzene rings is 1. The lowest BCUT2D eigenvalue weighted by Crippen LogP contribution is -2.44. The lowest BCUT2D eigenvalue weighted by Gasteiger charge is -2.26. The van der Waals surface area contributed by atoms with Crippen molar-refractivity contribution < 1.29 is 19.4 Å². The van der Waals surface area contributed by atoms with Crippen molar-refractivity contribution in [1.82, 2.24) is 0 Å². The average molecular weight is 373 g/mol. The molecule has 1 aromatic carbocycles. The van der Waals surface area contributed by atoms with Crippen LogP contribution in [0.15, 0.2) is 18.2 Å². The van der Waals surface area contributed by atoms with E-state index in [1.54, 1.807) is 25.3 Å². The topological polar surface area (TPSA) is 93.8 Å². The first kappa shape index (κ1) is 21.5. The van der Waals surface area contributed by atoms with Crippen LogP contribution in [-0.2, 0) is 4.79 Å². The van der Waals surface area contributed by atoms with Crippen molar-refractivity contribution >= 4 is 24.0 Å². The van der Waals surface area contributed by atoms with E-state index in [-0.39, 0.29) is 12.4 Å². The second kappa shape index (κ2) is 10.5. The fourth-order valence-electron chi connectivity index (χ4n) is 3.25. The van der Waals surface area contributed by atoms with Gasteiger partial charge in [-0.15, -0.1) is 12.4 Å². The number of hydrogen-bond donors (Lipinski definition) is 3. The predicted molar refractivity (Wildman–Crippen MR) is 101 cm³/mol. The fourth-order valence-corrected chi connectivity index (χ4v) is 3.25. The van der Waals surface area contributed by atoms with Crippen LogP contribution in [-0.4, -0.2) is 37.4 Å². The maximum Gasteiger partial charge on any atom is 0.254 e. The van der Waals surface area contributed by atoms with Gasteiger partial charge in [-0.1, -0.05) is 32.1 Å². The third kappa shape index (κ3) is 6.06. The standard InChI is InChI=1S/C18H28N2O4.ClH/c1-23-13-8-9-16(24-2)15(11-13)20-18(22)17(21)14(19)10-12-6-4-3-5-7-12;/h8-9,11-12,14,17,21H,3-7,10,19H2,1-2H3,(H,20,22);1H/t14-,17?;/m1./s1. The fraction of sp³-hybridized carbons (Fsp3) is 0.611. The first-order valence-electron chi connectivity index (χ1n) is 8.51. The maximum atomic E-state index is 12.3. The highest BCUT2D eigenvalue weighted by molar-refractivity contribution is 5.96. The van der Waals surface area contributed by atoms with Gasteiger partial charge < -0.3 is 25.6 Å². The SMILES string of the molecule is COc1ccc(OC)c(NC(=O)C(O)[C@H](N)CC2CCCCC2)c1.Cl. The van der Waals surface area contributed by atoms with Gasteiger partial charge in [-0.2, -0.15) is 0 Å². The van der Waals surface area contributed by atoms with Crippen LogP contribution in [0.4, 0.5) is 5.69 Å². The van der Waals surface area contributed by atoms with E-state index in [4.69, 9.17) is 15.2 Å². The normalized spacial score (nSPS) is 17.1. The van der Waals surface area contributed by atoms with Gasteiger partial charge in [-0.25, -0.2) is 0 Å². The van der Waals surface area contributed by atoms with E-state index in [0.717, 1.165) is 12.8 Å². The van der Waals surface area contributed by atoms with Gasteiger partial charge in [0, 0.05) is 12.1 Å². The molecule has 0 heterocycles. The van der Waals surface area contributed by atoms with E-state index >= 15 is 0 Å². The molecule has 0 aliphatic heterocycles. The zero-order valence-electron chi connectivity index (χ0n) is 14.9. The number of nitrogens with one attached hydrogen (secondary N) is 1. The summed E-state index contributed by atoms with van der Waals surface area (Å²) in [6.07, 6.45) is 5.37. The molecular weight excluding hydrogens is 344 g/mol. The van der Waals surface area contributed by atoms with Gasteiger partial charge in [0.15, 0.2) is 0 Å². The molecule has 2 rings (SSSR count). The zero-order valence-corrected chi connectivity index (χ0v) is 15.7. The summed E-state index contributed by atoms with van der Waals surface area (Å²) in [6.45, 7) is 0. The van der Waals surface area contributed by atoms with Crippen LogP contribution in [0.25, 0.3) is 0 Å².